The number of nitrogens with zero attached hydrogens (tertiary/aromatic N) is 1. The molecule has 0 aromatic heterocycles. The lowest BCUT2D eigenvalue weighted by Gasteiger charge is -2.30. The molecule has 1 aliphatic carbocycles. The predicted molar refractivity (Wildman–Crippen MR) is 69.7 cm³/mol. The monoisotopic (exact) mass is 224 g/mol. The van der Waals surface area contributed by atoms with Crippen molar-refractivity contribution in [3.8, 4) is 0 Å². The number of hydrogen-bond acceptors (Lipinski definition) is 2. The van der Waals surface area contributed by atoms with Crippen LogP contribution >= 0.6 is 0 Å². The van der Waals surface area contributed by atoms with E-state index in [0.717, 1.165) is 12.1 Å². The van der Waals surface area contributed by atoms with E-state index in [0.29, 0.717) is 5.41 Å². The van der Waals surface area contributed by atoms with Crippen LogP contribution in [0.25, 0.3) is 0 Å². The number of nitrogens with one attached hydrogen (secondary N) is 1. The van der Waals surface area contributed by atoms with Crippen LogP contribution in [-0.4, -0.2) is 36.6 Å². The van der Waals surface area contributed by atoms with Crippen LogP contribution in [0.4, 0.5) is 0 Å². The SMILES string of the molecule is CCC1CN(C2CCC(C)(C)C2)CCCN1. The minimum atomic E-state index is 0.589. The molecule has 0 spiro atoms. The van der Waals surface area contributed by atoms with Crippen molar-refractivity contribution >= 4 is 0 Å². The molecule has 0 amide bonds. The van der Waals surface area contributed by atoms with Gasteiger partial charge in [0.05, 0.1) is 0 Å². The first kappa shape index (κ1) is 12.4. The summed E-state index contributed by atoms with van der Waals surface area (Å²) >= 11 is 0. The Kier molecular flexibility index (Phi) is 3.91. The molecular formula is C14H28N2. The van der Waals surface area contributed by atoms with Gasteiger partial charge in [-0.25, -0.2) is 0 Å². The quantitative estimate of drug-likeness (QED) is 0.776. The van der Waals surface area contributed by atoms with E-state index in [2.05, 4.69) is 31.0 Å². The van der Waals surface area contributed by atoms with E-state index < -0.39 is 0 Å². The molecule has 2 rings (SSSR count). The maximum atomic E-state index is 3.66. The summed E-state index contributed by atoms with van der Waals surface area (Å²) in [7, 11) is 0. The molecule has 1 aliphatic heterocycles. The van der Waals surface area contributed by atoms with Gasteiger partial charge in [0.25, 0.3) is 0 Å². The van der Waals surface area contributed by atoms with E-state index in [1.807, 2.05) is 0 Å². The molecule has 94 valence electrons. The van der Waals surface area contributed by atoms with Gasteiger partial charge >= 0.3 is 0 Å². The molecule has 0 aromatic carbocycles. The maximum absolute atomic E-state index is 3.66. The highest BCUT2D eigenvalue weighted by Gasteiger charge is 2.35. The van der Waals surface area contributed by atoms with Crippen LogP contribution in [0.3, 0.4) is 0 Å². The first-order valence-electron chi connectivity index (χ1n) is 7.08. The summed E-state index contributed by atoms with van der Waals surface area (Å²) in [6.45, 7) is 11.0. The van der Waals surface area contributed by atoms with Crippen molar-refractivity contribution < 1.29 is 0 Å². The zero-order valence-corrected chi connectivity index (χ0v) is 11.3. The van der Waals surface area contributed by atoms with Gasteiger partial charge in [-0.2, -0.15) is 0 Å². The molecule has 2 atom stereocenters. The zero-order valence-electron chi connectivity index (χ0n) is 11.3. The second kappa shape index (κ2) is 5.05. The third-order valence-corrected chi connectivity index (χ3v) is 4.46. The van der Waals surface area contributed by atoms with Crippen molar-refractivity contribution in [2.75, 3.05) is 19.6 Å². The van der Waals surface area contributed by atoms with Gasteiger partial charge in [0.2, 0.25) is 0 Å². The molecule has 2 unspecified atom stereocenters. The molecule has 0 radical (unpaired) electrons. The number of rotatable bonds is 2. The standard InChI is InChI=1S/C14H28N2/c1-4-12-11-16(9-5-8-15-12)13-6-7-14(2,3)10-13/h12-13,15H,4-11H2,1-3H3. The van der Waals surface area contributed by atoms with Crippen LogP contribution in [0, 0.1) is 5.41 Å². The summed E-state index contributed by atoms with van der Waals surface area (Å²) in [4.78, 5) is 2.77. The van der Waals surface area contributed by atoms with Gasteiger partial charge in [0.15, 0.2) is 0 Å². The fourth-order valence-electron chi connectivity index (χ4n) is 3.34. The van der Waals surface area contributed by atoms with Crippen LogP contribution < -0.4 is 5.32 Å². The van der Waals surface area contributed by atoms with Crippen LogP contribution in [0.15, 0.2) is 0 Å². The first-order chi connectivity index (χ1) is 7.61. The summed E-state index contributed by atoms with van der Waals surface area (Å²) in [6.07, 6.45) is 6.84. The zero-order chi connectivity index (χ0) is 11.6. The third-order valence-electron chi connectivity index (χ3n) is 4.46. The average Bonchev–Trinajstić information content (AvgIpc) is 2.51. The lowest BCUT2D eigenvalue weighted by atomic mass is 9.91. The highest BCUT2D eigenvalue weighted by atomic mass is 15.2. The molecule has 1 heterocycles. The summed E-state index contributed by atoms with van der Waals surface area (Å²) in [5.41, 5.74) is 0.589. The van der Waals surface area contributed by atoms with Crippen molar-refractivity contribution in [1.29, 1.82) is 0 Å². The Morgan fingerprint density at radius 3 is 2.81 bits per heavy atom. The predicted octanol–water partition coefficient (Wildman–Crippen LogP) is 2.64. The summed E-state index contributed by atoms with van der Waals surface area (Å²) in [5.74, 6) is 0. The Morgan fingerprint density at radius 2 is 2.19 bits per heavy atom. The molecule has 1 saturated carbocycles. The Balaban J connectivity index is 1.92. The van der Waals surface area contributed by atoms with Crippen molar-refractivity contribution in [1.82, 2.24) is 10.2 Å². The Labute approximate surface area is 101 Å². The van der Waals surface area contributed by atoms with Crippen molar-refractivity contribution in [2.24, 2.45) is 5.41 Å². The summed E-state index contributed by atoms with van der Waals surface area (Å²) in [6, 6.07) is 1.59. The van der Waals surface area contributed by atoms with Gasteiger partial charge in [-0.3, -0.25) is 4.90 Å². The molecule has 2 aliphatic rings. The van der Waals surface area contributed by atoms with Gasteiger partial charge < -0.3 is 5.32 Å². The van der Waals surface area contributed by atoms with Gasteiger partial charge in [0, 0.05) is 18.6 Å². The molecule has 16 heavy (non-hydrogen) atoms. The van der Waals surface area contributed by atoms with Gasteiger partial charge in [0.1, 0.15) is 0 Å². The van der Waals surface area contributed by atoms with Crippen LogP contribution in [0.2, 0.25) is 0 Å². The highest BCUT2D eigenvalue weighted by Crippen LogP contribution is 2.39. The van der Waals surface area contributed by atoms with E-state index in [1.165, 1.54) is 51.7 Å². The number of hydrogen-bond donors (Lipinski definition) is 1. The normalized spacial score (nSPS) is 36.2. The fourth-order valence-corrected chi connectivity index (χ4v) is 3.34. The topological polar surface area (TPSA) is 15.3 Å². The van der Waals surface area contributed by atoms with Gasteiger partial charge in [-0.15, -0.1) is 0 Å². The lowest BCUT2D eigenvalue weighted by Crippen LogP contribution is -2.41. The Morgan fingerprint density at radius 1 is 1.38 bits per heavy atom. The second-order valence-electron chi connectivity index (χ2n) is 6.47. The smallest absolute Gasteiger partial charge is 0.0192 e. The van der Waals surface area contributed by atoms with Crippen LogP contribution in [0.5, 0.6) is 0 Å². The average molecular weight is 224 g/mol. The summed E-state index contributed by atoms with van der Waals surface area (Å²) in [5, 5.41) is 3.66. The van der Waals surface area contributed by atoms with E-state index in [4.69, 9.17) is 0 Å². The molecule has 1 saturated heterocycles. The van der Waals surface area contributed by atoms with E-state index in [-0.39, 0.29) is 0 Å². The van der Waals surface area contributed by atoms with E-state index >= 15 is 0 Å². The van der Waals surface area contributed by atoms with E-state index in [1.54, 1.807) is 0 Å². The Bertz CT molecular complexity index is 225. The molecule has 0 bridgehead atoms. The van der Waals surface area contributed by atoms with Gasteiger partial charge in [-0.05, 0) is 50.6 Å². The van der Waals surface area contributed by atoms with Crippen LogP contribution in [-0.2, 0) is 0 Å². The Hall–Kier alpha value is -0.0800. The van der Waals surface area contributed by atoms with Gasteiger partial charge in [-0.1, -0.05) is 20.8 Å². The molecule has 0 aromatic rings. The molecule has 2 fully saturated rings. The first-order valence-corrected chi connectivity index (χ1v) is 7.08. The largest absolute Gasteiger partial charge is 0.313 e. The van der Waals surface area contributed by atoms with Crippen molar-refractivity contribution in [3.05, 3.63) is 0 Å². The van der Waals surface area contributed by atoms with E-state index in [9.17, 15) is 0 Å². The van der Waals surface area contributed by atoms with Crippen molar-refractivity contribution in [3.63, 3.8) is 0 Å². The molecular weight excluding hydrogens is 196 g/mol. The second-order valence-corrected chi connectivity index (χ2v) is 6.47. The third kappa shape index (κ3) is 2.98. The minimum Gasteiger partial charge on any atom is -0.313 e. The molecule has 2 heteroatoms. The maximum Gasteiger partial charge on any atom is 0.0192 e. The van der Waals surface area contributed by atoms with Crippen molar-refractivity contribution in [2.45, 2.75) is 65.0 Å². The van der Waals surface area contributed by atoms with Crippen LogP contribution in [0.1, 0.15) is 52.9 Å². The summed E-state index contributed by atoms with van der Waals surface area (Å²) < 4.78 is 0. The lowest BCUT2D eigenvalue weighted by molar-refractivity contribution is 0.182. The minimum absolute atomic E-state index is 0.589. The molecule has 2 nitrogen and oxygen atoms in total. The fraction of sp³-hybridized carbons (Fsp3) is 1.00. The molecule has 1 N–H and O–H groups in total. The highest BCUT2D eigenvalue weighted by molar-refractivity contribution is 4.90.